The van der Waals surface area contributed by atoms with Crippen LogP contribution in [0.15, 0.2) is 67.0 Å². The van der Waals surface area contributed by atoms with Crippen molar-refractivity contribution in [3.8, 4) is 5.75 Å². The molecule has 0 spiro atoms. The molecule has 0 amide bonds. The summed E-state index contributed by atoms with van der Waals surface area (Å²) in [5.74, 6) is 1.55. The molecule has 2 nitrogen and oxygen atoms in total. The molecule has 1 atom stereocenters. The van der Waals surface area contributed by atoms with Gasteiger partial charge in [0.15, 0.2) is 0 Å². The molecule has 0 N–H and O–H groups in total. The standard InChI is InChI=1S/C13H15O2P/c1-3-8-12(9-4-2)14-16-15-13-10-6-5-7-11-13/h3-11,16H,1H2,2H3/b9-4-,12-8+. The van der Waals surface area contributed by atoms with E-state index in [1.165, 1.54) is 0 Å². The van der Waals surface area contributed by atoms with Crippen molar-refractivity contribution in [1.29, 1.82) is 0 Å². The van der Waals surface area contributed by atoms with E-state index in [-0.39, 0.29) is 9.03 Å². The van der Waals surface area contributed by atoms with Crippen molar-refractivity contribution in [3.05, 3.63) is 67.0 Å². The van der Waals surface area contributed by atoms with Crippen LogP contribution >= 0.6 is 9.03 Å². The molecule has 0 aliphatic heterocycles. The molecular weight excluding hydrogens is 219 g/mol. The Kier molecular flexibility index (Phi) is 6.05. The van der Waals surface area contributed by atoms with E-state index >= 15 is 0 Å². The highest BCUT2D eigenvalue weighted by Crippen LogP contribution is 2.24. The normalized spacial score (nSPS) is 12.2. The third-order valence-corrected chi connectivity index (χ3v) is 2.31. The first kappa shape index (κ1) is 12.5. The minimum Gasteiger partial charge on any atom is -0.441 e. The molecule has 0 heterocycles. The fourth-order valence-corrected chi connectivity index (χ4v) is 1.52. The fraction of sp³-hybridized carbons (Fsp3) is 0.0769. The van der Waals surface area contributed by atoms with Crippen molar-refractivity contribution >= 4 is 9.03 Å². The molecule has 3 heteroatoms. The summed E-state index contributed by atoms with van der Waals surface area (Å²) in [4.78, 5) is 0. The van der Waals surface area contributed by atoms with Crippen LogP contribution in [0.4, 0.5) is 0 Å². The molecule has 0 fully saturated rings. The van der Waals surface area contributed by atoms with Crippen LogP contribution in [-0.4, -0.2) is 0 Å². The first-order valence-electron chi connectivity index (χ1n) is 4.96. The summed E-state index contributed by atoms with van der Waals surface area (Å²) < 4.78 is 10.9. The van der Waals surface area contributed by atoms with Crippen molar-refractivity contribution in [2.75, 3.05) is 0 Å². The summed E-state index contributed by atoms with van der Waals surface area (Å²) in [6.07, 6.45) is 7.25. The van der Waals surface area contributed by atoms with E-state index in [4.69, 9.17) is 9.05 Å². The van der Waals surface area contributed by atoms with E-state index in [0.29, 0.717) is 0 Å². The molecule has 0 bridgehead atoms. The van der Waals surface area contributed by atoms with Gasteiger partial charge in [-0.05, 0) is 31.2 Å². The average molecular weight is 234 g/mol. The Hall–Kier alpha value is -1.53. The molecule has 1 aromatic carbocycles. The Morgan fingerprint density at radius 3 is 2.69 bits per heavy atom. The number of para-hydroxylation sites is 1. The maximum absolute atomic E-state index is 5.44. The Morgan fingerprint density at radius 2 is 2.06 bits per heavy atom. The highest BCUT2D eigenvalue weighted by molar-refractivity contribution is 7.26. The molecule has 0 aromatic heterocycles. The van der Waals surface area contributed by atoms with Gasteiger partial charge in [-0.3, -0.25) is 0 Å². The van der Waals surface area contributed by atoms with Gasteiger partial charge in [-0.15, -0.1) is 0 Å². The van der Waals surface area contributed by atoms with Crippen LogP contribution in [0.5, 0.6) is 5.75 Å². The SMILES string of the molecule is C=C/C=C(\C=C/C)OPOc1ccccc1. The van der Waals surface area contributed by atoms with Crippen molar-refractivity contribution < 1.29 is 9.05 Å². The van der Waals surface area contributed by atoms with Crippen LogP contribution in [0.1, 0.15) is 6.92 Å². The topological polar surface area (TPSA) is 18.5 Å². The third-order valence-electron chi connectivity index (χ3n) is 1.68. The molecule has 84 valence electrons. The van der Waals surface area contributed by atoms with E-state index in [1.807, 2.05) is 49.4 Å². The zero-order valence-corrected chi connectivity index (χ0v) is 10.2. The number of allylic oxidation sites excluding steroid dienone is 4. The Bertz CT molecular complexity index is 369. The summed E-state index contributed by atoms with van der Waals surface area (Å²) in [7, 11) is -0.0577. The molecule has 1 rings (SSSR count). The van der Waals surface area contributed by atoms with Gasteiger partial charge in [0, 0.05) is 0 Å². The van der Waals surface area contributed by atoms with Gasteiger partial charge in [-0.2, -0.15) is 0 Å². The smallest absolute Gasteiger partial charge is 0.275 e. The van der Waals surface area contributed by atoms with Crippen LogP contribution in [0.2, 0.25) is 0 Å². The van der Waals surface area contributed by atoms with Crippen LogP contribution < -0.4 is 4.52 Å². The largest absolute Gasteiger partial charge is 0.441 e. The van der Waals surface area contributed by atoms with Crippen molar-refractivity contribution in [2.45, 2.75) is 6.92 Å². The highest BCUT2D eigenvalue weighted by Gasteiger charge is 1.94. The monoisotopic (exact) mass is 234 g/mol. The second-order valence-electron chi connectivity index (χ2n) is 2.91. The van der Waals surface area contributed by atoms with E-state index < -0.39 is 0 Å². The maximum Gasteiger partial charge on any atom is 0.275 e. The molecule has 0 radical (unpaired) electrons. The van der Waals surface area contributed by atoms with E-state index in [2.05, 4.69) is 6.58 Å². The number of rotatable bonds is 6. The van der Waals surface area contributed by atoms with E-state index in [1.54, 1.807) is 12.2 Å². The number of hydrogen-bond donors (Lipinski definition) is 0. The molecule has 16 heavy (non-hydrogen) atoms. The highest BCUT2D eigenvalue weighted by atomic mass is 31.1. The second kappa shape index (κ2) is 7.72. The number of benzene rings is 1. The van der Waals surface area contributed by atoms with Crippen molar-refractivity contribution in [1.82, 2.24) is 0 Å². The molecule has 1 unspecified atom stereocenters. The summed E-state index contributed by atoms with van der Waals surface area (Å²) in [5, 5.41) is 0. The summed E-state index contributed by atoms with van der Waals surface area (Å²) in [6, 6.07) is 9.57. The van der Waals surface area contributed by atoms with Gasteiger partial charge in [0.2, 0.25) is 0 Å². The van der Waals surface area contributed by atoms with Gasteiger partial charge in [-0.1, -0.05) is 36.9 Å². The fourth-order valence-electron chi connectivity index (χ4n) is 1.01. The Morgan fingerprint density at radius 1 is 1.31 bits per heavy atom. The summed E-state index contributed by atoms with van der Waals surface area (Å²) in [6.45, 7) is 5.55. The first-order valence-corrected chi connectivity index (χ1v) is 5.77. The van der Waals surface area contributed by atoms with Crippen LogP contribution in [0, 0.1) is 0 Å². The molecule has 0 saturated heterocycles. The van der Waals surface area contributed by atoms with Crippen LogP contribution in [0.3, 0.4) is 0 Å². The van der Waals surface area contributed by atoms with E-state index in [9.17, 15) is 0 Å². The van der Waals surface area contributed by atoms with Crippen LogP contribution in [0.25, 0.3) is 0 Å². The molecule has 0 aliphatic carbocycles. The Labute approximate surface area is 98.2 Å². The van der Waals surface area contributed by atoms with Crippen molar-refractivity contribution in [3.63, 3.8) is 0 Å². The third kappa shape index (κ3) is 4.81. The van der Waals surface area contributed by atoms with Gasteiger partial charge in [0.1, 0.15) is 11.5 Å². The van der Waals surface area contributed by atoms with Gasteiger partial charge < -0.3 is 9.05 Å². The van der Waals surface area contributed by atoms with Gasteiger partial charge in [0.25, 0.3) is 9.03 Å². The Balaban J connectivity index is 2.39. The minimum atomic E-state index is -0.0577. The molecule has 0 aliphatic rings. The lowest BCUT2D eigenvalue weighted by molar-refractivity contribution is 0.441. The van der Waals surface area contributed by atoms with Crippen LogP contribution in [-0.2, 0) is 4.52 Å². The predicted molar refractivity (Wildman–Crippen MR) is 69.6 cm³/mol. The quantitative estimate of drug-likeness (QED) is 0.416. The lowest BCUT2D eigenvalue weighted by Crippen LogP contribution is -1.82. The minimum absolute atomic E-state index is 0.0577. The average Bonchev–Trinajstić information content (AvgIpc) is 2.31. The maximum atomic E-state index is 5.44. The summed E-state index contributed by atoms with van der Waals surface area (Å²) in [5.41, 5.74) is 0. The van der Waals surface area contributed by atoms with Gasteiger partial charge >= 0.3 is 0 Å². The molecule has 1 aromatic rings. The first-order chi connectivity index (χ1) is 7.86. The molecule has 0 saturated carbocycles. The van der Waals surface area contributed by atoms with Gasteiger partial charge in [-0.25, -0.2) is 0 Å². The van der Waals surface area contributed by atoms with E-state index in [0.717, 1.165) is 11.5 Å². The zero-order valence-electron chi connectivity index (χ0n) is 9.22. The lowest BCUT2D eigenvalue weighted by atomic mass is 10.3. The predicted octanol–water partition coefficient (Wildman–Crippen LogP) is 4.24. The zero-order chi connectivity index (χ0) is 11.6. The van der Waals surface area contributed by atoms with Crippen molar-refractivity contribution in [2.24, 2.45) is 0 Å². The number of hydrogen-bond acceptors (Lipinski definition) is 2. The lowest BCUT2D eigenvalue weighted by Gasteiger charge is -2.06. The second-order valence-corrected chi connectivity index (χ2v) is 3.48. The molecular formula is C13H15O2P. The van der Waals surface area contributed by atoms with Gasteiger partial charge in [0.05, 0.1) is 0 Å². The summed E-state index contributed by atoms with van der Waals surface area (Å²) >= 11 is 0.